The Labute approximate surface area is 201 Å². The van der Waals surface area contributed by atoms with Crippen LogP contribution in [0.2, 0.25) is 0 Å². The van der Waals surface area contributed by atoms with Crippen LogP contribution in [0.4, 0.5) is 0 Å². The summed E-state index contributed by atoms with van der Waals surface area (Å²) in [6.07, 6.45) is 1.55. The molecule has 2 amide bonds. The van der Waals surface area contributed by atoms with E-state index in [1.165, 1.54) is 0 Å². The van der Waals surface area contributed by atoms with Crippen molar-refractivity contribution >= 4 is 23.7 Å². The topological polar surface area (TPSA) is 172 Å². The largest absolute Gasteiger partial charge is 0.480 e. The molecule has 1 rings (SSSR count). The third kappa shape index (κ3) is 10.2. The van der Waals surface area contributed by atoms with Crippen LogP contribution in [0.5, 0.6) is 0 Å². The summed E-state index contributed by atoms with van der Waals surface area (Å²) in [5.41, 5.74) is 5.37. The summed E-state index contributed by atoms with van der Waals surface area (Å²) in [4.78, 5) is 45.0. The Hall–Kier alpha value is -3.11. The highest BCUT2D eigenvalue weighted by Crippen LogP contribution is 2.25. The van der Waals surface area contributed by atoms with E-state index in [0.29, 0.717) is 25.8 Å². The summed E-state index contributed by atoms with van der Waals surface area (Å²) >= 11 is 0. The molecule has 0 saturated carbocycles. The average Bonchev–Trinajstić information content (AvgIpc) is 3.09. The van der Waals surface area contributed by atoms with Gasteiger partial charge >= 0.3 is 5.97 Å². The number of carbonyl (C=O) groups is 3. The van der Waals surface area contributed by atoms with Crippen molar-refractivity contribution in [3.05, 3.63) is 17.3 Å². The second-order valence-electron chi connectivity index (χ2n) is 9.99. The number of hydrogen-bond donors (Lipinski definition) is 5. The van der Waals surface area contributed by atoms with Gasteiger partial charge in [0.25, 0.3) is 5.91 Å². The Balaban J connectivity index is 2.93. The van der Waals surface area contributed by atoms with Gasteiger partial charge in [-0.3, -0.25) is 14.6 Å². The predicted molar refractivity (Wildman–Crippen MR) is 129 cm³/mol. The molecule has 0 aliphatic rings. The van der Waals surface area contributed by atoms with Gasteiger partial charge in [0, 0.05) is 20.0 Å². The maximum Gasteiger partial charge on any atom is 0.326 e. The monoisotopic (exact) mass is 480 g/mol. The molecule has 1 heterocycles. The summed E-state index contributed by atoms with van der Waals surface area (Å²) < 4.78 is 5.74. The molecule has 6 N–H and O–H groups in total. The minimum absolute atomic E-state index is 0.000521. The lowest BCUT2D eigenvalue weighted by molar-refractivity contribution is -0.139. The second-order valence-corrected chi connectivity index (χ2v) is 9.99. The molecule has 1 aromatic heterocycles. The zero-order valence-electron chi connectivity index (χ0n) is 21.3. The molecular weight excluding hydrogens is 440 g/mol. The molecule has 0 saturated heterocycles. The maximum atomic E-state index is 12.8. The molecule has 0 unspecified atom stereocenters. The first-order chi connectivity index (χ1) is 15.7. The second kappa shape index (κ2) is 13.0. The Morgan fingerprint density at radius 2 is 1.85 bits per heavy atom. The van der Waals surface area contributed by atoms with Crippen LogP contribution in [0.1, 0.15) is 88.5 Å². The minimum atomic E-state index is -1.15. The number of aromatic nitrogens is 1. The number of nitrogens with one attached hydrogen (secondary N) is 3. The summed E-state index contributed by atoms with van der Waals surface area (Å²) in [5.74, 6) is -0.958. The molecular formula is C23H40N6O5. The third-order valence-corrected chi connectivity index (χ3v) is 4.88. The Bertz CT molecular complexity index is 872. The summed E-state index contributed by atoms with van der Waals surface area (Å²) in [5, 5.41) is 17.8. The van der Waals surface area contributed by atoms with Gasteiger partial charge in [-0.05, 0) is 37.5 Å². The Kier molecular flexibility index (Phi) is 11.0. The highest BCUT2D eigenvalue weighted by atomic mass is 16.4. The Morgan fingerprint density at radius 1 is 1.21 bits per heavy atom. The number of nitrogens with zero attached hydrogens (tertiary/aromatic N) is 2. The maximum absolute atomic E-state index is 12.8. The van der Waals surface area contributed by atoms with Crippen molar-refractivity contribution in [1.29, 1.82) is 0 Å². The predicted octanol–water partition coefficient (Wildman–Crippen LogP) is 2.12. The van der Waals surface area contributed by atoms with Crippen LogP contribution in [-0.4, -0.2) is 53.5 Å². The number of carboxylic acids is 1. The van der Waals surface area contributed by atoms with Crippen LogP contribution in [0.25, 0.3) is 0 Å². The van der Waals surface area contributed by atoms with Crippen molar-refractivity contribution < 1.29 is 23.9 Å². The van der Waals surface area contributed by atoms with E-state index in [4.69, 9.17) is 10.2 Å². The van der Waals surface area contributed by atoms with Gasteiger partial charge in [0.15, 0.2) is 11.7 Å². The lowest BCUT2D eigenvalue weighted by Gasteiger charge is -2.21. The van der Waals surface area contributed by atoms with Crippen LogP contribution in [0.3, 0.4) is 0 Å². The molecule has 0 aliphatic heterocycles. The van der Waals surface area contributed by atoms with Crippen molar-refractivity contribution in [2.45, 2.75) is 79.3 Å². The SMILES string of the molecule is CN=C(N)NCCC[C@H](NC(=O)c1nc([C@H](CC(C)C)NC(=O)CC(C)(C)C)oc1C)C(=O)O. The number of hydrogen-bond acceptors (Lipinski definition) is 6. The van der Waals surface area contributed by atoms with E-state index in [0.717, 1.165) is 0 Å². The smallest absolute Gasteiger partial charge is 0.326 e. The summed E-state index contributed by atoms with van der Waals surface area (Å²) in [6, 6.07) is -1.60. The fraction of sp³-hybridized carbons (Fsp3) is 0.696. The fourth-order valence-electron chi connectivity index (χ4n) is 3.28. The lowest BCUT2D eigenvalue weighted by Crippen LogP contribution is -2.42. The van der Waals surface area contributed by atoms with Crippen LogP contribution in [-0.2, 0) is 9.59 Å². The molecule has 11 nitrogen and oxygen atoms in total. The molecule has 192 valence electrons. The van der Waals surface area contributed by atoms with Gasteiger partial charge in [0.2, 0.25) is 11.8 Å². The molecule has 11 heteroatoms. The number of aliphatic carboxylic acids is 1. The van der Waals surface area contributed by atoms with E-state index < -0.39 is 24.0 Å². The zero-order valence-corrected chi connectivity index (χ0v) is 21.3. The number of amides is 2. The van der Waals surface area contributed by atoms with E-state index in [-0.39, 0.29) is 47.0 Å². The van der Waals surface area contributed by atoms with Gasteiger partial charge in [-0.25, -0.2) is 9.78 Å². The first-order valence-corrected chi connectivity index (χ1v) is 11.5. The number of oxazole rings is 1. The van der Waals surface area contributed by atoms with Crippen molar-refractivity contribution in [3.8, 4) is 0 Å². The molecule has 0 radical (unpaired) electrons. The van der Waals surface area contributed by atoms with E-state index in [1.54, 1.807) is 14.0 Å². The molecule has 0 aromatic carbocycles. The number of guanidine groups is 1. The highest BCUT2D eigenvalue weighted by molar-refractivity contribution is 5.95. The van der Waals surface area contributed by atoms with Gasteiger partial charge in [0.1, 0.15) is 17.8 Å². The number of nitrogens with two attached hydrogens (primary N) is 1. The third-order valence-electron chi connectivity index (χ3n) is 4.88. The van der Waals surface area contributed by atoms with Crippen LogP contribution < -0.4 is 21.7 Å². The molecule has 0 fully saturated rings. The lowest BCUT2D eigenvalue weighted by atomic mass is 9.91. The zero-order chi connectivity index (χ0) is 26.1. The van der Waals surface area contributed by atoms with E-state index in [1.807, 2.05) is 34.6 Å². The molecule has 0 spiro atoms. The molecule has 0 aliphatic carbocycles. The van der Waals surface area contributed by atoms with Gasteiger partial charge in [-0.2, -0.15) is 0 Å². The summed E-state index contributed by atoms with van der Waals surface area (Å²) in [6.45, 7) is 12.0. The summed E-state index contributed by atoms with van der Waals surface area (Å²) in [7, 11) is 1.54. The number of rotatable bonds is 12. The van der Waals surface area contributed by atoms with Crippen molar-refractivity contribution in [3.63, 3.8) is 0 Å². The standard InChI is InChI=1S/C23H40N6O5/c1-13(2)11-16(27-17(30)12-23(4,5)6)20-29-18(14(3)34-20)19(31)28-15(21(32)33)9-8-10-26-22(24)25-7/h13,15-16H,8-12H2,1-7H3,(H,27,30)(H,28,31)(H,32,33)(H3,24,25,26)/t15-,16-/m0/s1. The first kappa shape index (κ1) is 28.9. The van der Waals surface area contributed by atoms with Gasteiger partial charge in [-0.1, -0.05) is 34.6 Å². The van der Waals surface area contributed by atoms with E-state index in [9.17, 15) is 19.5 Å². The van der Waals surface area contributed by atoms with Crippen LogP contribution in [0, 0.1) is 18.3 Å². The van der Waals surface area contributed by atoms with Crippen molar-refractivity contribution in [2.24, 2.45) is 22.1 Å². The number of aliphatic imine (C=N–C) groups is 1. The van der Waals surface area contributed by atoms with Crippen LogP contribution >= 0.6 is 0 Å². The number of aryl methyl sites for hydroxylation is 1. The normalized spacial score (nSPS) is 13.9. The molecule has 34 heavy (non-hydrogen) atoms. The Morgan fingerprint density at radius 3 is 2.38 bits per heavy atom. The van der Waals surface area contributed by atoms with E-state index >= 15 is 0 Å². The van der Waals surface area contributed by atoms with Crippen molar-refractivity contribution in [2.75, 3.05) is 13.6 Å². The minimum Gasteiger partial charge on any atom is -0.480 e. The first-order valence-electron chi connectivity index (χ1n) is 11.5. The van der Waals surface area contributed by atoms with Gasteiger partial charge < -0.3 is 31.2 Å². The van der Waals surface area contributed by atoms with E-state index in [2.05, 4.69) is 25.9 Å². The van der Waals surface area contributed by atoms with Gasteiger partial charge in [0.05, 0.1) is 0 Å². The fourth-order valence-corrected chi connectivity index (χ4v) is 3.28. The number of carbonyl (C=O) groups excluding carboxylic acids is 2. The van der Waals surface area contributed by atoms with Crippen molar-refractivity contribution in [1.82, 2.24) is 20.9 Å². The molecule has 1 aromatic rings. The van der Waals surface area contributed by atoms with Gasteiger partial charge in [-0.15, -0.1) is 0 Å². The number of carboxylic acid groups (broad SMARTS) is 1. The molecule has 0 bridgehead atoms. The van der Waals surface area contributed by atoms with Crippen LogP contribution in [0.15, 0.2) is 9.41 Å². The average molecular weight is 481 g/mol. The highest BCUT2D eigenvalue weighted by Gasteiger charge is 2.28. The quantitative estimate of drug-likeness (QED) is 0.172. The molecule has 2 atom stereocenters.